The molecule has 2 aromatic carbocycles. The van der Waals surface area contributed by atoms with Gasteiger partial charge in [0.1, 0.15) is 0 Å². The van der Waals surface area contributed by atoms with E-state index >= 15 is 0 Å². The number of aryl methyl sites for hydroxylation is 2. The van der Waals surface area contributed by atoms with Gasteiger partial charge >= 0.3 is 0 Å². The predicted molar refractivity (Wildman–Crippen MR) is 110 cm³/mol. The third-order valence-electron chi connectivity index (χ3n) is 4.46. The van der Waals surface area contributed by atoms with Crippen molar-refractivity contribution < 1.29 is 19.1 Å². The fraction of sp³-hybridized carbons (Fsp3) is 0.364. The van der Waals surface area contributed by atoms with Gasteiger partial charge < -0.3 is 19.7 Å². The number of carbonyl (C=O) groups is 2. The molecule has 28 heavy (non-hydrogen) atoms. The van der Waals surface area contributed by atoms with Gasteiger partial charge in [-0.3, -0.25) is 9.59 Å². The molecule has 0 bridgehead atoms. The Morgan fingerprint density at radius 1 is 1.04 bits per heavy atom. The molecule has 2 rings (SSSR count). The van der Waals surface area contributed by atoms with Gasteiger partial charge in [0.15, 0.2) is 11.5 Å². The third-order valence-corrected chi connectivity index (χ3v) is 4.46. The summed E-state index contributed by atoms with van der Waals surface area (Å²) in [5, 5.41) is 2.72. The number of ether oxygens (including phenoxy) is 2. The zero-order valence-corrected chi connectivity index (χ0v) is 17.0. The van der Waals surface area contributed by atoms with E-state index in [-0.39, 0.29) is 18.4 Å². The molecule has 0 fully saturated rings. The lowest BCUT2D eigenvalue weighted by molar-refractivity contribution is -0.124. The Balaban J connectivity index is 1.87. The molecule has 0 radical (unpaired) electrons. The second-order valence-corrected chi connectivity index (χ2v) is 6.44. The molecule has 6 nitrogen and oxygen atoms in total. The largest absolute Gasteiger partial charge is 0.493 e. The van der Waals surface area contributed by atoms with Gasteiger partial charge in [0.2, 0.25) is 11.8 Å². The van der Waals surface area contributed by atoms with E-state index in [2.05, 4.69) is 5.32 Å². The van der Waals surface area contributed by atoms with Gasteiger partial charge in [-0.1, -0.05) is 18.2 Å². The fourth-order valence-corrected chi connectivity index (χ4v) is 2.95. The van der Waals surface area contributed by atoms with Gasteiger partial charge in [-0.05, 0) is 55.7 Å². The van der Waals surface area contributed by atoms with E-state index in [0.29, 0.717) is 30.9 Å². The van der Waals surface area contributed by atoms with Crippen LogP contribution in [0, 0.1) is 6.92 Å². The normalized spacial score (nSPS) is 10.3. The van der Waals surface area contributed by atoms with Crippen molar-refractivity contribution in [3.05, 3.63) is 53.6 Å². The van der Waals surface area contributed by atoms with Gasteiger partial charge in [0.05, 0.1) is 20.8 Å². The maximum atomic E-state index is 12.5. The van der Waals surface area contributed by atoms with E-state index in [1.165, 1.54) is 0 Å². The van der Waals surface area contributed by atoms with E-state index in [4.69, 9.17) is 9.47 Å². The lowest BCUT2D eigenvalue weighted by Crippen LogP contribution is -2.40. The first-order chi connectivity index (χ1) is 13.5. The number of hydrogen-bond acceptors (Lipinski definition) is 4. The molecule has 1 N–H and O–H groups in total. The van der Waals surface area contributed by atoms with E-state index in [1.54, 1.807) is 19.1 Å². The van der Waals surface area contributed by atoms with Crippen LogP contribution < -0.4 is 19.7 Å². The van der Waals surface area contributed by atoms with Crippen molar-refractivity contribution in [2.75, 3.05) is 32.2 Å². The molecular formula is C22H28N2O4. The highest BCUT2D eigenvalue weighted by atomic mass is 16.5. The van der Waals surface area contributed by atoms with Gasteiger partial charge in [0, 0.05) is 18.7 Å². The minimum Gasteiger partial charge on any atom is -0.493 e. The average Bonchev–Trinajstić information content (AvgIpc) is 2.71. The Kier molecular flexibility index (Phi) is 7.87. The van der Waals surface area contributed by atoms with Crippen LogP contribution in [-0.4, -0.2) is 39.1 Å². The molecule has 2 amide bonds. The van der Waals surface area contributed by atoms with Crippen molar-refractivity contribution in [1.29, 1.82) is 0 Å². The van der Waals surface area contributed by atoms with Crippen LogP contribution in [0.25, 0.3) is 0 Å². The molecule has 0 spiro atoms. The monoisotopic (exact) mass is 384 g/mol. The van der Waals surface area contributed by atoms with Crippen LogP contribution in [0.15, 0.2) is 42.5 Å². The standard InChI is InChI=1S/C22H28N2O4/c1-5-24(18-8-6-7-16(2)13-18)22(26)15-23-21(25)12-10-17-9-11-19(27-3)20(14-17)28-4/h6-9,11,13-14H,5,10,12,15H2,1-4H3,(H,23,25). The smallest absolute Gasteiger partial charge is 0.246 e. The zero-order valence-electron chi connectivity index (χ0n) is 17.0. The molecule has 0 saturated carbocycles. The fourth-order valence-electron chi connectivity index (χ4n) is 2.95. The number of nitrogens with one attached hydrogen (secondary N) is 1. The minimum absolute atomic E-state index is 0.0213. The Morgan fingerprint density at radius 2 is 1.79 bits per heavy atom. The number of nitrogens with zero attached hydrogens (tertiary/aromatic N) is 1. The van der Waals surface area contributed by atoms with Crippen LogP contribution in [-0.2, 0) is 16.0 Å². The quantitative estimate of drug-likeness (QED) is 0.721. The van der Waals surface area contributed by atoms with Gasteiger partial charge in [-0.25, -0.2) is 0 Å². The molecule has 0 aliphatic rings. The predicted octanol–water partition coefficient (Wildman–Crippen LogP) is 3.11. The molecule has 0 heterocycles. The van der Waals surface area contributed by atoms with Crippen LogP contribution in [0.5, 0.6) is 11.5 Å². The maximum Gasteiger partial charge on any atom is 0.246 e. The first kappa shape index (κ1) is 21.3. The summed E-state index contributed by atoms with van der Waals surface area (Å²) in [6.45, 7) is 4.42. The van der Waals surface area contributed by atoms with E-state index < -0.39 is 0 Å². The van der Waals surface area contributed by atoms with Crippen LogP contribution >= 0.6 is 0 Å². The molecule has 0 aromatic heterocycles. The van der Waals surface area contributed by atoms with E-state index in [1.807, 2.05) is 56.3 Å². The minimum atomic E-state index is -0.163. The van der Waals surface area contributed by atoms with Gasteiger partial charge in [-0.15, -0.1) is 0 Å². The van der Waals surface area contributed by atoms with Crippen molar-refractivity contribution >= 4 is 17.5 Å². The number of likely N-dealkylation sites (N-methyl/N-ethyl adjacent to an activating group) is 1. The van der Waals surface area contributed by atoms with Crippen molar-refractivity contribution in [3.8, 4) is 11.5 Å². The van der Waals surface area contributed by atoms with E-state index in [9.17, 15) is 9.59 Å². The summed E-state index contributed by atoms with van der Waals surface area (Å²) in [6, 6.07) is 13.3. The number of anilines is 1. The molecule has 0 saturated heterocycles. The lowest BCUT2D eigenvalue weighted by atomic mass is 10.1. The van der Waals surface area contributed by atoms with Crippen molar-refractivity contribution in [3.63, 3.8) is 0 Å². The Bertz CT molecular complexity index is 820. The molecule has 150 valence electrons. The summed E-state index contributed by atoms with van der Waals surface area (Å²) in [5.41, 5.74) is 2.89. The second-order valence-electron chi connectivity index (χ2n) is 6.44. The molecule has 0 aliphatic heterocycles. The SMILES string of the molecule is CCN(C(=O)CNC(=O)CCc1ccc(OC)c(OC)c1)c1cccc(C)c1. The van der Waals surface area contributed by atoms with Crippen LogP contribution in [0.4, 0.5) is 5.69 Å². The zero-order chi connectivity index (χ0) is 20.5. The highest BCUT2D eigenvalue weighted by Gasteiger charge is 2.15. The van der Waals surface area contributed by atoms with Gasteiger partial charge in [-0.2, -0.15) is 0 Å². The topological polar surface area (TPSA) is 67.9 Å². The number of rotatable bonds is 9. The molecule has 0 unspecified atom stereocenters. The molecule has 6 heteroatoms. The lowest BCUT2D eigenvalue weighted by Gasteiger charge is -2.21. The first-order valence-electron chi connectivity index (χ1n) is 9.33. The third kappa shape index (κ3) is 5.74. The molecule has 2 aromatic rings. The summed E-state index contributed by atoms with van der Waals surface area (Å²) in [6.07, 6.45) is 0.842. The highest BCUT2D eigenvalue weighted by molar-refractivity contribution is 5.96. The Hall–Kier alpha value is -3.02. The number of hydrogen-bond donors (Lipinski definition) is 1. The average molecular weight is 384 g/mol. The maximum absolute atomic E-state index is 12.5. The number of benzene rings is 2. The Labute approximate surface area is 166 Å². The van der Waals surface area contributed by atoms with Crippen molar-refractivity contribution in [2.24, 2.45) is 0 Å². The summed E-state index contributed by atoms with van der Waals surface area (Å²) in [5.74, 6) is 0.987. The number of carbonyl (C=O) groups excluding carboxylic acids is 2. The molecular weight excluding hydrogens is 356 g/mol. The first-order valence-corrected chi connectivity index (χ1v) is 9.33. The summed E-state index contributed by atoms with van der Waals surface area (Å²) < 4.78 is 10.5. The Morgan fingerprint density at radius 3 is 2.43 bits per heavy atom. The summed E-state index contributed by atoms with van der Waals surface area (Å²) >= 11 is 0. The number of methoxy groups -OCH3 is 2. The molecule has 0 aliphatic carbocycles. The highest BCUT2D eigenvalue weighted by Crippen LogP contribution is 2.27. The van der Waals surface area contributed by atoms with Crippen LogP contribution in [0.2, 0.25) is 0 Å². The second kappa shape index (κ2) is 10.3. The number of amides is 2. The van der Waals surface area contributed by atoms with Crippen LogP contribution in [0.3, 0.4) is 0 Å². The van der Waals surface area contributed by atoms with Crippen molar-refractivity contribution in [1.82, 2.24) is 5.32 Å². The van der Waals surface area contributed by atoms with Crippen molar-refractivity contribution in [2.45, 2.75) is 26.7 Å². The summed E-state index contributed by atoms with van der Waals surface area (Å²) in [4.78, 5) is 26.3. The summed E-state index contributed by atoms with van der Waals surface area (Å²) in [7, 11) is 3.16. The molecule has 0 atom stereocenters. The van der Waals surface area contributed by atoms with Crippen LogP contribution in [0.1, 0.15) is 24.5 Å². The van der Waals surface area contributed by atoms with E-state index in [0.717, 1.165) is 16.8 Å². The van der Waals surface area contributed by atoms with Gasteiger partial charge in [0.25, 0.3) is 0 Å².